The van der Waals surface area contributed by atoms with E-state index >= 15 is 0 Å². The third-order valence-corrected chi connectivity index (χ3v) is 6.47. The molecule has 30 heavy (non-hydrogen) atoms. The van der Waals surface area contributed by atoms with Crippen LogP contribution in [0.25, 0.3) is 6.08 Å². The molecule has 4 nitrogen and oxygen atoms in total. The van der Waals surface area contributed by atoms with Crippen LogP contribution in [0.4, 0.5) is 10.1 Å². The fraction of sp³-hybridized carbons (Fsp3) is 0.333. The standard InChI is InChI=1S/C24H26FN3OS/c1-24(2,3)18-10-8-17(9-11-18)16-21-22(29)26-23(30-21)28-14-12-27(13-15-28)20-7-5-4-6-19(20)25/h4-11,16H,12-15H2,1-3H3. The molecule has 4 rings (SSSR count). The number of aliphatic imine (C=N–C) groups is 1. The molecule has 0 bridgehead atoms. The van der Waals surface area contributed by atoms with Crippen molar-refractivity contribution in [3.8, 4) is 0 Å². The highest BCUT2D eigenvalue weighted by atomic mass is 32.2. The van der Waals surface area contributed by atoms with Crippen LogP contribution in [0.5, 0.6) is 0 Å². The molecule has 6 heteroatoms. The molecule has 0 N–H and O–H groups in total. The lowest BCUT2D eigenvalue weighted by molar-refractivity contribution is -0.113. The van der Waals surface area contributed by atoms with E-state index in [4.69, 9.17) is 0 Å². The van der Waals surface area contributed by atoms with Gasteiger partial charge < -0.3 is 9.80 Å². The zero-order valence-corrected chi connectivity index (χ0v) is 18.4. The van der Waals surface area contributed by atoms with Gasteiger partial charge >= 0.3 is 0 Å². The highest BCUT2D eigenvalue weighted by Gasteiger charge is 2.29. The first-order valence-electron chi connectivity index (χ1n) is 10.2. The Morgan fingerprint density at radius 2 is 1.60 bits per heavy atom. The molecular formula is C24H26FN3OS. The number of anilines is 1. The van der Waals surface area contributed by atoms with Gasteiger partial charge in [0.05, 0.1) is 10.6 Å². The van der Waals surface area contributed by atoms with E-state index in [1.165, 1.54) is 23.4 Å². The SMILES string of the molecule is CC(C)(C)c1ccc(C=C2SC(N3CCN(c4ccccc4F)CC3)=NC2=O)cc1. The van der Waals surface area contributed by atoms with Crippen molar-refractivity contribution in [2.45, 2.75) is 26.2 Å². The summed E-state index contributed by atoms with van der Waals surface area (Å²) in [5.41, 5.74) is 3.00. The normalized spacial score (nSPS) is 18.9. The van der Waals surface area contributed by atoms with Crippen LogP contribution in [0.15, 0.2) is 58.4 Å². The molecule has 2 aromatic rings. The van der Waals surface area contributed by atoms with Gasteiger partial charge in [-0.1, -0.05) is 57.2 Å². The van der Waals surface area contributed by atoms with Crippen LogP contribution in [-0.4, -0.2) is 42.2 Å². The largest absolute Gasteiger partial charge is 0.366 e. The molecule has 0 radical (unpaired) electrons. The molecule has 0 aromatic heterocycles. The first-order chi connectivity index (χ1) is 14.3. The van der Waals surface area contributed by atoms with Gasteiger partial charge in [0, 0.05) is 26.2 Å². The van der Waals surface area contributed by atoms with Crippen LogP contribution in [0, 0.1) is 5.82 Å². The molecule has 0 unspecified atom stereocenters. The van der Waals surface area contributed by atoms with E-state index in [0.29, 0.717) is 36.8 Å². The van der Waals surface area contributed by atoms with Gasteiger partial charge in [-0.15, -0.1) is 0 Å². The number of thioether (sulfide) groups is 1. The molecule has 2 heterocycles. The number of benzene rings is 2. The van der Waals surface area contributed by atoms with Crippen molar-refractivity contribution >= 4 is 34.6 Å². The number of piperazine rings is 1. The average molecular weight is 424 g/mol. The first kappa shape index (κ1) is 20.7. The molecule has 2 aromatic carbocycles. The van der Waals surface area contributed by atoms with Crippen LogP contribution in [0.2, 0.25) is 0 Å². The molecule has 1 fully saturated rings. The lowest BCUT2D eigenvalue weighted by Crippen LogP contribution is -2.48. The van der Waals surface area contributed by atoms with E-state index in [0.717, 1.165) is 10.7 Å². The Labute approximate surface area is 181 Å². The summed E-state index contributed by atoms with van der Waals surface area (Å²) in [6, 6.07) is 15.2. The van der Waals surface area contributed by atoms with E-state index in [1.807, 2.05) is 35.2 Å². The molecule has 1 amide bonds. The number of amides is 1. The Balaban J connectivity index is 1.40. The van der Waals surface area contributed by atoms with E-state index in [1.54, 1.807) is 6.07 Å². The third kappa shape index (κ3) is 4.43. The summed E-state index contributed by atoms with van der Waals surface area (Å²) < 4.78 is 14.0. The summed E-state index contributed by atoms with van der Waals surface area (Å²) in [7, 11) is 0. The third-order valence-electron chi connectivity index (χ3n) is 5.43. The maximum absolute atomic E-state index is 14.0. The zero-order chi connectivity index (χ0) is 21.3. The number of para-hydroxylation sites is 1. The maximum Gasteiger partial charge on any atom is 0.286 e. The van der Waals surface area contributed by atoms with Gasteiger partial charge in [0.2, 0.25) is 0 Å². The Morgan fingerprint density at radius 1 is 0.967 bits per heavy atom. The number of carbonyl (C=O) groups is 1. The van der Waals surface area contributed by atoms with Crippen molar-refractivity contribution in [2.24, 2.45) is 4.99 Å². The van der Waals surface area contributed by atoms with E-state index in [9.17, 15) is 9.18 Å². The second-order valence-corrected chi connectivity index (χ2v) is 9.62. The monoisotopic (exact) mass is 423 g/mol. The minimum Gasteiger partial charge on any atom is -0.366 e. The van der Waals surface area contributed by atoms with Crippen molar-refractivity contribution in [1.29, 1.82) is 0 Å². The summed E-state index contributed by atoms with van der Waals surface area (Å²) in [6.45, 7) is 9.36. The first-order valence-corrected chi connectivity index (χ1v) is 11.0. The van der Waals surface area contributed by atoms with Crippen molar-refractivity contribution in [1.82, 2.24) is 4.90 Å². The zero-order valence-electron chi connectivity index (χ0n) is 17.6. The molecule has 0 saturated carbocycles. The van der Waals surface area contributed by atoms with Crippen molar-refractivity contribution in [3.05, 3.63) is 70.4 Å². The Bertz CT molecular complexity index is 1000. The number of hydrogen-bond acceptors (Lipinski definition) is 4. The fourth-order valence-corrected chi connectivity index (χ4v) is 4.58. The maximum atomic E-state index is 14.0. The second kappa shape index (κ2) is 8.26. The second-order valence-electron chi connectivity index (χ2n) is 8.61. The number of nitrogens with zero attached hydrogens (tertiary/aromatic N) is 3. The minimum absolute atomic E-state index is 0.102. The summed E-state index contributed by atoms with van der Waals surface area (Å²) in [4.78, 5) is 21.5. The smallest absolute Gasteiger partial charge is 0.286 e. The predicted octanol–water partition coefficient (Wildman–Crippen LogP) is 4.92. The van der Waals surface area contributed by atoms with Gasteiger partial charge in [-0.3, -0.25) is 4.79 Å². The number of carbonyl (C=O) groups excluding carboxylic acids is 1. The highest BCUT2D eigenvalue weighted by molar-refractivity contribution is 8.18. The Hall–Kier alpha value is -2.60. The lowest BCUT2D eigenvalue weighted by atomic mass is 9.87. The van der Waals surface area contributed by atoms with Gasteiger partial charge in [-0.05, 0) is 46.5 Å². The van der Waals surface area contributed by atoms with Gasteiger partial charge in [-0.2, -0.15) is 4.99 Å². The van der Waals surface area contributed by atoms with E-state index < -0.39 is 0 Å². The van der Waals surface area contributed by atoms with Gasteiger partial charge in [-0.25, -0.2) is 4.39 Å². The molecule has 156 valence electrons. The van der Waals surface area contributed by atoms with Crippen LogP contribution in [-0.2, 0) is 10.2 Å². The predicted molar refractivity (Wildman–Crippen MR) is 123 cm³/mol. The summed E-state index contributed by atoms with van der Waals surface area (Å²) >= 11 is 1.42. The van der Waals surface area contributed by atoms with Crippen LogP contribution < -0.4 is 4.90 Å². The van der Waals surface area contributed by atoms with Crippen LogP contribution >= 0.6 is 11.8 Å². The molecule has 2 aliphatic heterocycles. The molecule has 1 saturated heterocycles. The van der Waals surface area contributed by atoms with E-state index in [2.05, 4.69) is 42.8 Å². The van der Waals surface area contributed by atoms with Gasteiger partial charge in [0.25, 0.3) is 5.91 Å². The highest BCUT2D eigenvalue weighted by Crippen LogP contribution is 2.32. The Morgan fingerprint density at radius 3 is 2.23 bits per heavy atom. The summed E-state index contributed by atoms with van der Waals surface area (Å²) in [5.74, 6) is -0.386. The van der Waals surface area contributed by atoms with Crippen molar-refractivity contribution in [2.75, 3.05) is 31.1 Å². The van der Waals surface area contributed by atoms with Crippen molar-refractivity contribution in [3.63, 3.8) is 0 Å². The summed E-state index contributed by atoms with van der Waals surface area (Å²) in [6.07, 6.45) is 1.91. The lowest BCUT2D eigenvalue weighted by Gasteiger charge is -2.36. The number of rotatable bonds is 2. The number of amidine groups is 1. The van der Waals surface area contributed by atoms with Gasteiger partial charge in [0.1, 0.15) is 5.82 Å². The number of halogens is 1. The molecule has 0 aliphatic carbocycles. The molecule has 0 atom stereocenters. The number of hydrogen-bond donors (Lipinski definition) is 0. The van der Waals surface area contributed by atoms with E-state index in [-0.39, 0.29) is 17.1 Å². The Kier molecular flexibility index (Phi) is 5.69. The van der Waals surface area contributed by atoms with Gasteiger partial charge in [0.15, 0.2) is 5.17 Å². The fourth-order valence-electron chi connectivity index (χ4n) is 3.61. The minimum atomic E-state index is -0.198. The summed E-state index contributed by atoms with van der Waals surface area (Å²) in [5, 5.41) is 0.741. The van der Waals surface area contributed by atoms with Crippen LogP contribution in [0.1, 0.15) is 31.9 Å². The van der Waals surface area contributed by atoms with Crippen molar-refractivity contribution < 1.29 is 9.18 Å². The molecular weight excluding hydrogens is 397 g/mol. The topological polar surface area (TPSA) is 35.9 Å². The van der Waals surface area contributed by atoms with Crippen LogP contribution in [0.3, 0.4) is 0 Å². The average Bonchev–Trinajstić information content (AvgIpc) is 3.09. The molecule has 0 spiro atoms. The quantitative estimate of drug-likeness (QED) is 0.643. The molecule has 2 aliphatic rings.